The summed E-state index contributed by atoms with van der Waals surface area (Å²) in [6.45, 7) is 8.18. The first-order valence-corrected chi connectivity index (χ1v) is 5.71. The van der Waals surface area contributed by atoms with Gasteiger partial charge in [-0.1, -0.05) is 6.07 Å². The number of esters is 1. The van der Waals surface area contributed by atoms with Gasteiger partial charge >= 0.3 is 5.97 Å². The second-order valence-electron chi connectivity index (χ2n) is 4.21. The average Bonchev–Trinajstić information content (AvgIpc) is 2.71. The lowest BCUT2D eigenvalue weighted by Gasteiger charge is -2.05. The number of benzene rings is 1. The molecule has 2 aromatic rings. The first-order chi connectivity index (χ1) is 8.06. The molecule has 0 bridgehead atoms. The smallest absolute Gasteiger partial charge is 0.342 e. The summed E-state index contributed by atoms with van der Waals surface area (Å²) in [5.41, 5.74) is 4.58. The normalized spacial score (nSPS) is 10.8. The molecule has 17 heavy (non-hydrogen) atoms. The third kappa shape index (κ3) is 1.82. The Kier molecular flexibility index (Phi) is 2.92. The number of fused-ring (bicyclic) bond motifs is 1. The van der Waals surface area contributed by atoms with Gasteiger partial charge in [0.25, 0.3) is 0 Å². The fourth-order valence-electron chi connectivity index (χ4n) is 2.07. The zero-order chi connectivity index (χ0) is 12.6. The Bertz CT molecular complexity index is 579. The SMILES string of the molecule is CCOC(=O)c1coc2c(C)c(C)cc(C)c12. The predicted octanol–water partition coefficient (Wildman–Crippen LogP) is 3.53. The lowest BCUT2D eigenvalue weighted by atomic mass is 10.0. The van der Waals surface area contributed by atoms with Crippen LogP contribution in [0.3, 0.4) is 0 Å². The number of aryl methyl sites for hydroxylation is 3. The fourth-order valence-corrected chi connectivity index (χ4v) is 2.07. The number of hydrogen-bond acceptors (Lipinski definition) is 3. The van der Waals surface area contributed by atoms with E-state index in [-0.39, 0.29) is 5.97 Å². The maximum atomic E-state index is 11.8. The van der Waals surface area contributed by atoms with Gasteiger partial charge in [0.2, 0.25) is 0 Å². The van der Waals surface area contributed by atoms with E-state index in [0.717, 1.165) is 22.1 Å². The molecule has 90 valence electrons. The highest BCUT2D eigenvalue weighted by Crippen LogP contribution is 2.30. The average molecular weight is 232 g/mol. The van der Waals surface area contributed by atoms with Crippen LogP contribution in [0.4, 0.5) is 0 Å². The predicted molar refractivity (Wildman–Crippen MR) is 66.4 cm³/mol. The summed E-state index contributed by atoms with van der Waals surface area (Å²) < 4.78 is 10.5. The third-order valence-electron chi connectivity index (χ3n) is 3.05. The van der Waals surface area contributed by atoms with Crippen molar-refractivity contribution in [2.75, 3.05) is 6.61 Å². The molecule has 1 aromatic heterocycles. The number of rotatable bonds is 2. The zero-order valence-corrected chi connectivity index (χ0v) is 10.6. The molecule has 0 saturated heterocycles. The van der Waals surface area contributed by atoms with Crippen LogP contribution in [0.1, 0.15) is 34.0 Å². The molecule has 0 saturated carbocycles. The highest BCUT2D eigenvalue weighted by atomic mass is 16.5. The van der Waals surface area contributed by atoms with Gasteiger partial charge < -0.3 is 9.15 Å². The number of furan rings is 1. The van der Waals surface area contributed by atoms with Gasteiger partial charge in [-0.15, -0.1) is 0 Å². The van der Waals surface area contributed by atoms with Crippen LogP contribution >= 0.6 is 0 Å². The highest BCUT2D eigenvalue weighted by molar-refractivity contribution is 6.05. The van der Waals surface area contributed by atoms with Gasteiger partial charge in [0, 0.05) is 5.39 Å². The number of hydrogen-bond donors (Lipinski definition) is 0. The van der Waals surface area contributed by atoms with Gasteiger partial charge in [0.1, 0.15) is 17.4 Å². The molecule has 0 amide bonds. The van der Waals surface area contributed by atoms with Crippen LogP contribution < -0.4 is 0 Å². The van der Waals surface area contributed by atoms with Crippen molar-refractivity contribution in [2.24, 2.45) is 0 Å². The maximum Gasteiger partial charge on any atom is 0.342 e. The molecule has 0 unspecified atom stereocenters. The first-order valence-electron chi connectivity index (χ1n) is 5.71. The van der Waals surface area contributed by atoms with Gasteiger partial charge in [0.15, 0.2) is 0 Å². The Morgan fingerprint density at radius 3 is 2.65 bits per heavy atom. The maximum absolute atomic E-state index is 11.8. The molecular formula is C14H16O3. The van der Waals surface area contributed by atoms with Crippen molar-refractivity contribution in [3.05, 3.63) is 34.6 Å². The summed E-state index contributed by atoms with van der Waals surface area (Å²) in [5.74, 6) is -0.322. The summed E-state index contributed by atoms with van der Waals surface area (Å²) in [6.07, 6.45) is 1.49. The molecule has 0 radical (unpaired) electrons. The number of carbonyl (C=O) groups excluding carboxylic acids is 1. The molecular weight excluding hydrogens is 216 g/mol. The molecule has 0 atom stereocenters. The third-order valence-corrected chi connectivity index (χ3v) is 3.05. The minimum Gasteiger partial charge on any atom is -0.463 e. The van der Waals surface area contributed by atoms with Gasteiger partial charge in [0.05, 0.1) is 6.61 Å². The van der Waals surface area contributed by atoms with Gasteiger partial charge in [-0.05, 0) is 44.4 Å². The Morgan fingerprint density at radius 1 is 1.29 bits per heavy atom. The fraction of sp³-hybridized carbons (Fsp3) is 0.357. The summed E-state index contributed by atoms with van der Waals surface area (Å²) in [5, 5.41) is 0.867. The molecule has 1 heterocycles. The Hall–Kier alpha value is -1.77. The second-order valence-corrected chi connectivity index (χ2v) is 4.21. The molecule has 0 N–H and O–H groups in total. The molecule has 0 aliphatic rings. The van der Waals surface area contributed by atoms with Crippen LogP contribution in [-0.4, -0.2) is 12.6 Å². The molecule has 0 fully saturated rings. The minimum absolute atomic E-state index is 0.322. The number of carbonyl (C=O) groups is 1. The van der Waals surface area contributed by atoms with Gasteiger partial charge in [-0.3, -0.25) is 0 Å². The van der Waals surface area contributed by atoms with Crippen LogP contribution in [-0.2, 0) is 4.74 Å². The van der Waals surface area contributed by atoms with Crippen LogP contribution in [0.25, 0.3) is 11.0 Å². The van der Waals surface area contributed by atoms with Crippen molar-refractivity contribution in [3.63, 3.8) is 0 Å². The second kappa shape index (κ2) is 4.24. The summed E-state index contributed by atoms with van der Waals surface area (Å²) in [6, 6.07) is 2.07. The summed E-state index contributed by atoms with van der Waals surface area (Å²) in [4.78, 5) is 11.8. The molecule has 0 spiro atoms. The zero-order valence-electron chi connectivity index (χ0n) is 10.6. The number of ether oxygens (including phenoxy) is 1. The summed E-state index contributed by atoms with van der Waals surface area (Å²) in [7, 11) is 0. The van der Waals surface area contributed by atoms with Crippen molar-refractivity contribution in [1.82, 2.24) is 0 Å². The lowest BCUT2D eigenvalue weighted by molar-refractivity contribution is 0.0527. The van der Waals surface area contributed by atoms with E-state index in [1.165, 1.54) is 11.8 Å². The minimum atomic E-state index is -0.322. The van der Waals surface area contributed by atoms with E-state index in [0.29, 0.717) is 12.2 Å². The first kappa shape index (κ1) is 11.7. The standard InChI is InChI=1S/C14H16O3/c1-5-16-14(15)11-7-17-13-10(4)8(2)6-9(3)12(11)13/h6-7H,5H2,1-4H3. The van der Waals surface area contributed by atoms with Crippen LogP contribution in [0.5, 0.6) is 0 Å². The molecule has 3 nitrogen and oxygen atoms in total. The van der Waals surface area contributed by atoms with E-state index in [4.69, 9.17) is 9.15 Å². The topological polar surface area (TPSA) is 39.4 Å². The van der Waals surface area contributed by atoms with Crippen LogP contribution in [0.15, 0.2) is 16.7 Å². The molecule has 2 rings (SSSR count). The monoisotopic (exact) mass is 232 g/mol. The van der Waals surface area contributed by atoms with Crippen molar-refractivity contribution in [1.29, 1.82) is 0 Å². The molecule has 3 heteroatoms. The van der Waals surface area contributed by atoms with Crippen molar-refractivity contribution in [3.8, 4) is 0 Å². The van der Waals surface area contributed by atoms with Crippen molar-refractivity contribution in [2.45, 2.75) is 27.7 Å². The van der Waals surface area contributed by atoms with E-state index < -0.39 is 0 Å². The van der Waals surface area contributed by atoms with Crippen LogP contribution in [0.2, 0.25) is 0 Å². The van der Waals surface area contributed by atoms with Crippen molar-refractivity contribution >= 4 is 16.9 Å². The molecule has 0 aliphatic heterocycles. The van der Waals surface area contributed by atoms with Gasteiger partial charge in [-0.2, -0.15) is 0 Å². The van der Waals surface area contributed by atoms with E-state index in [1.807, 2.05) is 20.8 Å². The molecule has 0 aliphatic carbocycles. The largest absolute Gasteiger partial charge is 0.463 e. The quantitative estimate of drug-likeness (QED) is 0.743. The Morgan fingerprint density at radius 2 is 2.00 bits per heavy atom. The Labute approximate surface area is 100 Å². The summed E-state index contributed by atoms with van der Waals surface area (Å²) >= 11 is 0. The van der Waals surface area contributed by atoms with E-state index in [2.05, 4.69) is 6.07 Å². The van der Waals surface area contributed by atoms with E-state index in [9.17, 15) is 4.79 Å². The lowest BCUT2D eigenvalue weighted by Crippen LogP contribution is -2.04. The molecule has 1 aromatic carbocycles. The van der Waals surface area contributed by atoms with Crippen molar-refractivity contribution < 1.29 is 13.9 Å². The van der Waals surface area contributed by atoms with Gasteiger partial charge in [-0.25, -0.2) is 4.79 Å². The Balaban J connectivity index is 2.69. The van der Waals surface area contributed by atoms with E-state index in [1.54, 1.807) is 6.92 Å². The van der Waals surface area contributed by atoms with E-state index >= 15 is 0 Å². The van der Waals surface area contributed by atoms with Crippen LogP contribution in [0, 0.1) is 20.8 Å². The highest BCUT2D eigenvalue weighted by Gasteiger charge is 2.18.